The van der Waals surface area contributed by atoms with E-state index < -0.39 is 0 Å². The van der Waals surface area contributed by atoms with Crippen molar-refractivity contribution in [2.24, 2.45) is 0 Å². The zero-order chi connectivity index (χ0) is 21.1. The van der Waals surface area contributed by atoms with Crippen LogP contribution in [0, 0.1) is 0 Å². The summed E-state index contributed by atoms with van der Waals surface area (Å²) in [5, 5.41) is 6.09. The highest BCUT2D eigenvalue weighted by atomic mass is 32.1. The van der Waals surface area contributed by atoms with Crippen LogP contribution in [0.1, 0.15) is 6.92 Å². The number of fused-ring (bicyclic) bond motifs is 1. The van der Waals surface area contributed by atoms with Gasteiger partial charge in [-0.1, -0.05) is 17.4 Å². The average molecular weight is 419 g/mol. The van der Waals surface area contributed by atoms with Gasteiger partial charge in [0.2, 0.25) is 0 Å². The van der Waals surface area contributed by atoms with Gasteiger partial charge in [0.25, 0.3) is 0 Å². The summed E-state index contributed by atoms with van der Waals surface area (Å²) in [6.07, 6.45) is 3.63. The average Bonchev–Trinajstić information content (AvgIpc) is 3.16. The molecule has 0 fully saturated rings. The maximum Gasteiger partial charge on any atom is 0.321 e. The molecule has 8 heteroatoms. The number of rotatable bonds is 5. The van der Waals surface area contributed by atoms with Crippen molar-refractivity contribution in [2.45, 2.75) is 6.92 Å². The van der Waals surface area contributed by atoms with E-state index >= 15 is 0 Å². The van der Waals surface area contributed by atoms with Crippen molar-refractivity contribution in [2.75, 3.05) is 30.9 Å². The number of benzene rings is 1. The summed E-state index contributed by atoms with van der Waals surface area (Å²) in [4.78, 5) is 27.6. The van der Waals surface area contributed by atoms with Crippen molar-refractivity contribution in [3.63, 3.8) is 0 Å². The third kappa shape index (κ3) is 4.08. The molecular weight excluding hydrogens is 396 g/mol. The first kappa shape index (κ1) is 19.8. The Bertz CT molecular complexity index is 1170. The number of nitrogens with one attached hydrogen (secondary N) is 2. The number of urea groups is 1. The molecule has 0 atom stereocenters. The van der Waals surface area contributed by atoms with Crippen molar-refractivity contribution in [1.29, 1.82) is 0 Å². The van der Waals surface area contributed by atoms with E-state index in [1.165, 1.54) is 11.3 Å². The molecule has 0 spiro atoms. The van der Waals surface area contributed by atoms with Gasteiger partial charge in [-0.25, -0.2) is 14.8 Å². The molecular formula is C22H22N6OS. The molecule has 4 rings (SSSR count). The number of anilines is 2. The highest BCUT2D eigenvalue weighted by molar-refractivity contribution is 7.22. The first-order valence-corrected chi connectivity index (χ1v) is 10.4. The number of aromatic nitrogens is 3. The van der Waals surface area contributed by atoms with E-state index in [1.807, 2.05) is 68.5 Å². The van der Waals surface area contributed by atoms with E-state index in [4.69, 9.17) is 0 Å². The third-order valence-electron chi connectivity index (χ3n) is 4.53. The number of carbonyl (C=O) groups excluding carboxylic acids is 1. The second-order valence-electron chi connectivity index (χ2n) is 6.89. The number of pyridine rings is 2. The van der Waals surface area contributed by atoms with E-state index in [0.717, 1.165) is 38.4 Å². The van der Waals surface area contributed by atoms with Crippen LogP contribution in [0.5, 0.6) is 0 Å². The topological polar surface area (TPSA) is 83.0 Å². The van der Waals surface area contributed by atoms with Crippen molar-refractivity contribution < 1.29 is 4.79 Å². The lowest BCUT2D eigenvalue weighted by Gasteiger charge is -2.12. The fourth-order valence-corrected chi connectivity index (χ4v) is 4.05. The summed E-state index contributed by atoms with van der Waals surface area (Å²) in [6.45, 7) is 2.43. The third-order valence-corrected chi connectivity index (χ3v) is 5.55. The SMILES string of the molecule is CCNC(=O)Nc1nc2cc(-c3ccc(N(C)C)nc3)cc(-c3ccccn3)c2s1. The van der Waals surface area contributed by atoms with E-state index in [2.05, 4.69) is 31.7 Å². The Balaban J connectivity index is 1.82. The molecule has 4 aromatic rings. The van der Waals surface area contributed by atoms with Crippen LogP contribution in [0.2, 0.25) is 0 Å². The molecule has 1 aromatic carbocycles. The Kier molecular flexibility index (Phi) is 5.58. The first-order chi connectivity index (χ1) is 14.5. The van der Waals surface area contributed by atoms with Crippen LogP contribution in [-0.2, 0) is 0 Å². The Morgan fingerprint density at radius 3 is 2.63 bits per heavy atom. The summed E-state index contributed by atoms with van der Waals surface area (Å²) in [5.41, 5.74) is 4.63. The van der Waals surface area contributed by atoms with Crippen LogP contribution in [0.25, 0.3) is 32.6 Å². The predicted octanol–water partition coefficient (Wildman–Crippen LogP) is 4.63. The molecule has 3 heterocycles. The van der Waals surface area contributed by atoms with Gasteiger partial charge >= 0.3 is 6.03 Å². The van der Waals surface area contributed by atoms with Gasteiger partial charge in [-0.3, -0.25) is 10.3 Å². The molecule has 30 heavy (non-hydrogen) atoms. The van der Waals surface area contributed by atoms with Gasteiger partial charge in [-0.05, 0) is 48.9 Å². The summed E-state index contributed by atoms with van der Waals surface area (Å²) >= 11 is 1.44. The van der Waals surface area contributed by atoms with Gasteiger partial charge in [-0.15, -0.1) is 0 Å². The zero-order valence-corrected chi connectivity index (χ0v) is 17.8. The largest absolute Gasteiger partial charge is 0.363 e. The fraction of sp³-hybridized carbons (Fsp3) is 0.182. The van der Waals surface area contributed by atoms with Gasteiger partial charge in [0.05, 0.1) is 15.9 Å². The van der Waals surface area contributed by atoms with Crippen LogP contribution < -0.4 is 15.5 Å². The zero-order valence-electron chi connectivity index (χ0n) is 17.0. The first-order valence-electron chi connectivity index (χ1n) is 9.59. The van der Waals surface area contributed by atoms with Gasteiger partial charge in [0, 0.05) is 44.2 Å². The summed E-state index contributed by atoms with van der Waals surface area (Å²) < 4.78 is 0.974. The van der Waals surface area contributed by atoms with Crippen LogP contribution in [0.3, 0.4) is 0 Å². The van der Waals surface area contributed by atoms with Gasteiger partial charge in [-0.2, -0.15) is 0 Å². The minimum absolute atomic E-state index is 0.264. The van der Waals surface area contributed by atoms with Crippen molar-refractivity contribution in [1.82, 2.24) is 20.3 Å². The lowest BCUT2D eigenvalue weighted by molar-refractivity contribution is 0.252. The fourth-order valence-electron chi connectivity index (χ4n) is 3.09. The number of hydrogen-bond donors (Lipinski definition) is 2. The second-order valence-corrected chi connectivity index (χ2v) is 7.89. The minimum Gasteiger partial charge on any atom is -0.363 e. The molecule has 7 nitrogen and oxygen atoms in total. The smallest absolute Gasteiger partial charge is 0.321 e. The highest BCUT2D eigenvalue weighted by Gasteiger charge is 2.15. The molecule has 0 aliphatic carbocycles. The molecule has 152 valence electrons. The van der Waals surface area contributed by atoms with Crippen molar-refractivity contribution >= 4 is 38.5 Å². The minimum atomic E-state index is -0.264. The summed E-state index contributed by atoms with van der Waals surface area (Å²) in [5.74, 6) is 0.895. The van der Waals surface area contributed by atoms with Gasteiger partial charge < -0.3 is 10.2 Å². The van der Waals surface area contributed by atoms with E-state index in [-0.39, 0.29) is 6.03 Å². The monoisotopic (exact) mass is 418 g/mol. The quantitative estimate of drug-likeness (QED) is 0.494. The molecule has 2 amide bonds. The molecule has 2 N–H and O–H groups in total. The number of amides is 2. The molecule has 0 saturated heterocycles. The van der Waals surface area contributed by atoms with Crippen LogP contribution in [0.15, 0.2) is 54.9 Å². The van der Waals surface area contributed by atoms with Gasteiger partial charge in [0.15, 0.2) is 5.13 Å². The second kappa shape index (κ2) is 8.46. The van der Waals surface area contributed by atoms with Crippen LogP contribution in [-0.4, -0.2) is 41.6 Å². The van der Waals surface area contributed by atoms with Crippen LogP contribution >= 0.6 is 11.3 Å². The van der Waals surface area contributed by atoms with E-state index in [1.54, 1.807) is 6.20 Å². The molecule has 0 aliphatic rings. The molecule has 0 saturated carbocycles. The maximum atomic E-state index is 11.9. The van der Waals surface area contributed by atoms with Crippen molar-refractivity contribution in [3.8, 4) is 22.4 Å². The Morgan fingerprint density at radius 1 is 1.10 bits per heavy atom. The number of carbonyl (C=O) groups is 1. The van der Waals surface area contributed by atoms with Crippen LogP contribution in [0.4, 0.5) is 15.7 Å². The highest BCUT2D eigenvalue weighted by Crippen LogP contribution is 2.38. The van der Waals surface area contributed by atoms with E-state index in [0.29, 0.717) is 11.7 Å². The Hall–Kier alpha value is -3.52. The molecule has 0 bridgehead atoms. The molecule has 3 aromatic heterocycles. The number of nitrogens with zero attached hydrogens (tertiary/aromatic N) is 4. The van der Waals surface area contributed by atoms with E-state index in [9.17, 15) is 4.79 Å². The standard InChI is InChI=1S/C22H22N6OS/c1-4-23-21(29)27-22-26-18-12-15(14-8-9-19(25-13-14)28(2)3)11-16(20(18)30-22)17-7-5-6-10-24-17/h5-13H,4H2,1-3H3,(H2,23,26,27,29). The predicted molar refractivity (Wildman–Crippen MR) is 123 cm³/mol. The molecule has 0 aliphatic heterocycles. The summed E-state index contributed by atoms with van der Waals surface area (Å²) in [7, 11) is 3.93. The molecule has 0 unspecified atom stereocenters. The molecule has 0 radical (unpaired) electrons. The Labute approximate surface area is 178 Å². The van der Waals surface area contributed by atoms with Gasteiger partial charge in [0.1, 0.15) is 5.82 Å². The maximum absolute atomic E-state index is 11.9. The number of thiazole rings is 1. The lowest BCUT2D eigenvalue weighted by atomic mass is 10.0. The Morgan fingerprint density at radius 2 is 1.97 bits per heavy atom. The summed E-state index contributed by atoms with van der Waals surface area (Å²) in [6, 6.07) is 13.7. The lowest BCUT2D eigenvalue weighted by Crippen LogP contribution is -2.28. The number of hydrogen-bond acceptors (Lipinski definition) is 6. The normalized spacial score (nSPS) is 10.8. The van der Waals surface area contributed by atoms with Crippen molar-refractivity contribution in [3.05, 3.63) is 54.9 Å².